The molecular formula is C21H21N7O. The minimum Gasteiger partial charge on any atom is -0.340 e. The fourth-order valence-electron chi connectivity index (χ4n) is 4.01. The van der Waals surface area contributed by atoms with Crippen LogP contribution < -0.4 is 5.32 Å². The summed E-state index contributed by atoms with van der Waals surface area (Å²) in [5.74, 6) is 1.60. The molecule has 0 radical (unpaired) electrons. The predicted molar refractivity (Wildman–Crippen MR) is 109 cm³/mol. The van der Waals surface area contributed by atoms with Crippen molar-refractivity contribution < 1.29 is 4.79 Å². The molecule has 0 bridgehead atoms. The van der Waals surface area contributed by atoms with Crippen molar-refractivity contribution in [3.8, 4) is 5.82 Å². The average molecular weight is 387 g/mol. The number of carbonyl (C=O) groups is 1. The quantitative estimate of drug-likeness (QED) is 0.561. The Morgan fingerprint density at radius 3 is 2.69 bits per heavy atom. The summed E-state index contributed by atoms with van der Waals surface area (Å²) < 4.78 is 1.68. The molecule has 4 heterocycles. The predicted octanol–water partition coefficient (Wildman–Crippen LogP) is 3.44. The average Bonchev–Trinajstić information content (AvgIpc) is 3.32. The Morgan fingerprint density at radius 2 is 1.93 bits per heavy atom. The van der Waals surface area contributed by atoms with Gasteiger partial charge < -0.3 is 10.3 Å². The molecule has 1 amide bonds. The molecule has 8 nitrogen and oxygen atoms in total. The summed E-state index contributed by atoms with van der Waals surface area (Å²) in [6.45, 7) is 6.31. The molecule has 1 atom stereocenters. The van der Waals surface area contributed by atoms with E-state index in [0.29, 0.717) is 35.1 Å². The van der Waals surface area contributed by atoms with Gasteiger partial charge in [-0.25, -0.2) is 15.0 Å². The minimum absolute atomic E-state index is 0.0357. The molecule has 0 saturated heterocycles. The van der Waals surface area contributed by atoms with Crippen LogP contribution in [-0.4, -0.2) is 35.6 Å². The third kappa shape index (κ3) is 2.79. The number of aromatic amines is 1. The molecule has 0 spiro atoms. The largest absolute Gasteiger partial charge is 0.340 e. The fraction of sp³-hybridized carbons (Fsp3) is 0.286. The highest BCUT2D eigenvalue weighted by Gasteiger charge is 2.33. The van der Waals surface area contributed by atoms with E-state index < -0.39 is 0 Å². The van der Waals surface area contributed by atoms with Gasteiger partial charge in [0.1, 0.15) is 17.7 Å². The van der Waals surface area contributed by atoms with Crippen LogP contribution in [-0.2, 0) is 4.79 Å². The molecule has 8 heteroatoms. The summed E-state index contributed by atoms with van der Waals surface area (Å²) in [5.41, 5.74) is 5.51. The zero-order valence-corrected chi connectivity index (χ0v) is 16.5. The molecule has 0 fully saturated rings. The number of nitrogens with one attached hydrogen (secondary N) is 2. The molecule has 1 aromatic carbocycles. The smallest absolute Gasteiger partial charge is 0.226 e. The first-order chi connectivity index (χ1) is 14.0. The number of fused-ring (bicyclic) bond motifs is 2. The second-order valence-electron chi connectivity index (χ2n) is 7.68. The van der Waals surface area contributed by atoms with Gasteiger partial charge in [-0.05, 0) is 24.0 Å². The van der Waals surface area contributed by atoms with Crippen LogP contribution in [0.2, 0.25) is 0 Å². The number of H-pyrrole nitrogens is 1. The van der Waals surface area contributed by atoms with Crippen molar-refractivity contribution in [1.82, 2.24) is 29.7 Å². The summed E-state index contributed by atoms with van der Waals surface area (Å²) in [7, 11) is 0. The van der Waals surface area contributed by atoms with Crippen molar-refractivity contribution in [3.05, 3.63) is 59.3 Å². The number of hydrogen-bond donors (Lipinski definition) is 2. The Kier molecular flexibility index (Phi) is 3.94. The third-order valence-electron chi connectivity index (χ3n) is 5.51. The minimum atomic E-state index is -0.0483. The molecule has 1 unspecified atom stereocenters. The van der Waals surface area contributed by atoms with E-state index in [9.17, 15) is 4.79 Å². The lowest BCUT2D eigenvalue weighted by atomic mass is 9.85. The van der Waals surface area contributed by atoms with Gasteiger partial charge in [0, 0.05) is 17.9 Å². The van der Waals surface area contributed by atoms with Crippen LogP contribution in [0.25, 0.3) is 17.0 Å². The van der Waals surface area contributed by atoms with Crippen LogP contribution in [0.3, 0.4) is 0 Å². The van der Waals surface area contributed by atoms with Gasteiger partial charge in [-0.1, -0.05) is 38.1 Å². The summed E-state index contributed by atoms with van der Waals surface area (Å²) in [6.07, 6.45) is 3.42. The molecule has 4 aromatic rings. The maximum atomic E-state index is 12.6. The highest BCUT2D eigenvalue weighted by Crippen LogP contribution is 2.40. The molecule has 1 aliphatic heterocycles. The van der Waals surface area contributed by atoms with Crippen molar-refractivity contribution in [1.29, 1.82) is 0 Å². The van der Waals surface area contributed by atoms with Gasteiger partial charge in [-0.15, -0.1) is 0 Å². The molecule has 29 heavy (non-hydrogen) atoms. The van der Waals surface area contributed by atoms with Crippen LogP contribution in [0.4, 0.5) is 5.82 Å². The lowest BCUT2D eigenvalue weighted by Crippen LogP contribution is -2.25. The highest BCUT2D eigenvalue weighted by molar-refractivity contribution is 5.95. The molecule has 0 saturated carbocycles. The van der Waals surface area contributed by atoms with Gasteiger partial charge in [0.2, 0.25) is 5.91 Å². The number of hydrogen-bond acceptors (Lipinski definition) is 5. The Bertz CT molecular complexity index is 1220. The zero-order valence-electron chi connectivity index (χ0n) is 16.5. The Balaban J connectivity index is 1.66. The molecule has 5 rings (SSSR count). The molecule has 2 N–H and O–H groups in total. The fourth-order valence-corrected chi connectivity index (χ4v) is 4.01. The topological polar surface area (TPSA) is 101 Å². The first kappa shape index (κ1) is 17.5. The Labute approximate surface area is 167 Å². The maximum Gasteiger partial charge on any atom is 0.226 e. The molecular weight excluding hydrogens is 366 g/mol. The summed E-state index contributed by atoms with van der Waals surface area (Å²) in [5, 5.41) is 7.71. The van der Waals surface area contributed by atoms with Crippen LogP contribution in [0.5, 0.6) is 0 Å². The highest BCUT2D eigenvalue weighted by atomic mass is 16.1. The van der Waals surface area contributed by atoms with Crippen LogP contribution in [0.15, 0.2) is 36.9 Å². The third-order valence-corrected chi connectivity index (χ3v) is 5.51. The van der Waals surface area contributed by atoms with E-state index in [1.54, 1.807) is 11.0 Å². The first-order valence-corrected chi connectivity index (χ1v) is 9.66. The molecule has 3 aromatic heterocycles. The number of nitrogens with zero attached hydrogens (tertiary/aromatic N) is 5. The van der Waals surface area contributed by atoms with Crippen molar-refractivity contribution >= 4 is 22.9 Å². The second-order valence-corrected chi connectivity index (χ2v) is 7.68. The van der Waals surface area contributed by atoms with Crippen LogP contribution in [0, 0.1) is 6.92 Å². The first-order valence-electron chi connectivity index (χ1n) is 9.66. The van der Waals surface area contributed by atoms with Crippen molar-refractivity contribution in [2.75, 3.05) is 5.32 Å². The number of anilines is 1. The normalized spacial score (nSPS) is 16.3. The van der Waals surface area contributed by atoms with Crippen molar-refractivity contribution in [3.63, 3.8) is 0 Å². The van der Waals surface area contributed by atoms with E-state index in [-0.39, 0.29) is 11.8 Å². The van der Waals surface area contributed by atoms with Crippen molar-refractivity contribution in [2.45, 2.75) is 39.0 Å². The van der Waals surface area contributed by atoms with Crippen LogP contribution in [0.1, 0.15) is 54.5 Å². The number of amides is 1. The van der Waals surface area contributed by atoms with E-state index in [2.05, 4.69) is 63.4 Å². The number of carbonyl (C=O) groups excluding carboxylic acids is 1. The van der Waals surface area contributed by atoms with E-state index in [0.717, 1.165) is 16.8 Å². The van der Waals surface area contributed by atoms with E-state index in [4.69, 9.17) is 5.10 Å². The van der Waals surface area contributed by atoms with Gasteiger partial charge in [0.05, 0.1) is 12.0 Å². The SMILES string of the molecule is Cc1nn(-c2ncnc3nc[nH]c23)c2c1C(c1ccc(C(C)C)cc1)CC(=O)N2. The number of aryl methyl sites for hydroxylation is 1. The molecule has 0 aliphatic carbocycles. The van der Waals surface area contributed by atoms with Crippen molar-refractivity contribution in [2.24, 2.45) is 0 Å². The standard InChI is InChI=1S/C21H21N7O/c1-11(2)13-4-6-14(7-5-13)15-8-16(29)26-20-17(15)12(3)27-28(20)21-18-19(23-9-22-18)24-10-25-21/h4-7,9-11,15H,8H2,1-3H3,(H,26,29)(H,22,23,24,25). The zero-order chi connectivity index (χ0) is 20.1. The second kappa shape index (κ2) is 6.51. The number of rotatable bonds is 3. The number of benzene rings is 1. The monoisotopic (exact) mass is 387 g/mol. The van der Waals surface area contributed by atoms with Crippen LogP contribution >= 0.6 is 0 Å². The number of imidazole rings is 1. The van der Waals surface area contributed by atoms with Gasteiger partial charge in [-0.3, -0.25) is 4.79 Å². The summed E-state index contributed by atoms with van der Waals surface area (Å²) in [6, 6.07) is 8.53. The lowest BCUT2D eigenvalue weighted by molar-refractivity contribution is -0.116. The Hall–Kier alpha value is -3.55. The molecule has 146 valence electrons. The van der Waals surface area contributed by atoms with Gasteiger partial charge in [0.25, 0.3) is 0 Å². The van der Waals surface area contributed by atoms with E-state index in [1.165, 1.54) is 11.9 Å². The van der Waals surface area contributed by atoms with Gasteiger partial charge in [0.15, 0.2) is 11.5 Å². The van der Waals surface area contributed by atoms with E-state index >= 15 is 0 Å². The summed E-state index contributed by atoms with van der Waals surface area (Å²) in [4.78, 5) is 28.4. The molecule has 1 aliphatic rings. The number of aromatic nitrogens is 6. The lowest BCUT2D eigenvalue weighted by Gasteiger charge is -2.24. The maximum absolute atomic E-state index is 12.6. The summed E-state index contributed by atoms with van der Waals surface area (Å²) >= 11 is 0. The Morgan fingerprint density at radius 1 is 1.14 bits per heavy atom. The van der Waals surface area contributed by atoms with Gasteiger partial charge >= 0.3 is 0 Å². The van der Waals surface area contributed by atoms with Gasteiger partial charge in [-0.2, -0.15) is 9.78 Å². The van der Waals surface area contributed by atoms with E-state index in [1.807, 2.05) is 6.92 Å².